The maximum absolute atomic E-state index is 12.2. The number of carbonyl (C=O) groups is 1. The van der Waals surface area contributed by atoms with Crippen molar-refractivity contribution in [2.75, 3.05) is 6.54 Å². The van der Waals surface area contributed by atoms with Crippen molar-refractivity contribution in [2.45, 2.75) is 20.3 Å². The van der Waals surface area contributed by atoms with E-state index in [4.69, 9.17) is 11.6 Å². The average molecular weight is 294 g/mol. The van der Waals surface area contributed by atoms with Gasteiger partial charge in [-0.3, -0.25) is 4.79 Å². The van der Waals surface area contributed by atoms with Gasteiger partial charge in [0.05, 0.1) is 11.3 Å². The SMILES string of the molecule is CC(C)CCNC(=O)c1ccc(Cl)cc1-n1cnnn1. The van der Waals surface area contributed by atoms with Crippen molar-refractivity contribution in [3.8, 4) is 5.69 Å². The molecule has 0 spiro atoms. The molecule has 1 amide bonds. The number of rotatable bonds is 5. The third kappa shape index (κ3) is 3.54. The lowest BCUT2D eigenvalue weighted by molar-refractivity contribution is 0.0952. The van der Waals surface area contributed by atoms with Gasteiger partial charge in [0, 0.05) is 11.6 Å². The molecule has 20 heavy (non-hydrogen) atoms. The van der Waals surface area contributed by atoms with Crippen LogP contribution in [0.15, 0.2) is 24.5 Å². The average Bonchev–Trinajstić information content (AvgIpc) is 2.91. The number of tetrazole rings is 1. The molecule has 0 fully saturated rings. The highest BCUT2D eigenvalue weighted by Crippen LogP contribution is 2.19. The minimum atomic E-state index is -0.159. The molecule has 1 aromatic carbocycles. The first kappa shape index (κ1) is 14.5. The van der Waals surface area contributed by atoms with E-state index in [9.17, 15) is 4.79 Å². The number of amides is 1. The van der Waals surface area contributed by atoms with Gasteiger partial charge in [0.1, 0.15) is 6.33 Å². The van der Waals surface area contributed by atoms with Crippen molar-refractivity contribution in [2.24, 2.45) is 5.92 Å². The van der Waals surface area contributed by atoms with Crippen LogP contribution in [0.5, 0.6) is 0 Å². The Morgan fingerprint density at radius 1 is 1.45 bits per heavy atom. The van der Waals surface area contributed by atoms with E-state index in [0.717, 1.165) is 6.42 Å². The van der Waals surface area contributed by atoms with E-state index in [2.05, 4.69) is 34.7 Å². The molecule has 0 aliphatic heterocycles. The predicted molar refractivity (Wildman–Crippen MR) is 76.0 cm³/mol. The first-order valence-electron chi connectivity index (χ1n) is 6.39. The molecule has 7 heteroatoms. The van der Waals surface area contributed by atoms with Crippen LogP contribution in [0.25, 0.3) is 5.69 Å². The second kappa shape index (κ2) is 6.47. The van der Waals surface area contributed by atoms with Crippen LogP contribution >= 0.6 is 11.6 Å². The van der Waals surface area contributed by atoms with Crippen LogP contribution in [0.3, 0.4) is 0 Å². The zero-order chi connectivity index (χ0) is 14.5. The number of halogens is 1. The second-order valence-electron chi connectivity index (χ2n) is 4.85. The van der Waals surface area contributed by atoms with Crippen molar-refractivity contribution >= 4 is 17.5 Å². The van der Waals surface area contributed by atoms with E-state index in [1.165, 1.54) is 11.0 Å². The number of hydrogen-bond donors (Lipinski definition) is 1. The summed E-state index contributed by atoms with van der Waals surface area (Å²) in [5, 5.41) is 14.3. The van der Waals surface area contributed by atoms with E-state index in [1.807, 2.05) is 0 Å². The summed E-state index contributed by atoms with van der Waals surface area (Å²) in [5.74, 6) is 0.382. The van der Waals surface area contributed by atoms with Crippen molar-refractivity contribution in [1.29, 1.82) is 0 Å². The lowest BCUT2D eigenvalue weighted by atomic mass is 10.1. The van der Waals surface area contributed by atoms with Gasteiger partial charge in [0.2, 0.25) is 0 Å². The summed E-state index contributed by atoms with van der Waals surface area (Å²) in [7, 11) is 0. The zero-order valence-electron chi connectivity index (χ0n) is 11.4. The Morgan fingerprint density at radius 2 is 2.25 bits per heavy atom. The molecule has 106 valence electrons. The zero-order valence-corrected chi connectivity index (χ0v) is 12.1. The maximum atomic E-state index is 12.2. The van der Waals surface area contributed by atoms with E-state index in [-0.39, 0.29) is 5.91 Å². The molecule has 1 aromatic heterocycles. The standard InChI is InChI=1S/C13H16ClN5O/c1-9(2)5-6-15-13(20)11-4-3-10(14)7-12(11)19-8-16-17-18-19/h3-4,7-9H,5-6H2,1-2H3,(H,15,20). The highest BCUT2D eigenvalue weighted by atomic mass is 35.5. The second-order valence-corrected chi connectivity index (χ2v) is 5.29. The van der Waals surface area contributed by atoms with Crippen molar-refractivity contribution < 1.29 is 4.79 Å². The summed E-state index contributed by atoms with van der Waals surface area (Å²) in [5.41, 5.74) is 1.05. The van der Waals surface area contributed by atoms with Gasteiger partial charge in [-0.1, -0.05) is 25.4 Å². The summed E-state index contributed by atoms with van der Waals surface area (Å²) >= 11 is 5.97. The number of nitrogens with zero attached hydrogens (tertiary/aromatic N) is 4. The predicted octanol–water partition coefficient (Wildman–Crippen LogP) is 2.09. The van der Waals surface area contributed by atoms with Gasteiger partial charge in [-0.05, 0) is 41.0 Å². The molecule has 0 unspecified atom stereocenters. The summed E-state index contributed by atoms with van der Waals surface area (Å²) in [4.78, 5) is 12.2. The van der Waals surface area contributed by atoms with Gasteiger partial charge >= 0.3 is 0 Å². The first-order valence-corrected chi connectivity index (χ1v) is 6.77. The number of benzene rings is 1. The van der Waals surface area contributed by atoms with Gasteiger partial charge in [-0.25, -0.2) is 0 Å². The Bertz CT molecular complexity index is 582. The summed E-state index contributed by atoms with van der Waals surface area (Å²) in [6.45, 7) is 4.86. The summed E-state index contributed by atoms with van der Waals surface area (Å²) in [6, 6.07) is 5.01. The van der Waals surface area contributed by atoms with E-state index in [0.29, 0.717) is 28.7 Å². The molecule has 0 radical (unpaired) electrons. The van der Waals surface area contributed by atoms with Crippen LogP contribution in [-0.2, 0) is 0 Å². The fraction of sp³-hybridized carbons (Fsp3) is 0.385. The van der Waals surface area contributed by atoms with Crippen LogP contribution in [0, 0.1) is 5.92 Å². The Kier molecular flexibility index (Phi) is 4.68. The van der Waals surface area contributed by atoms with Crippen LogP contribution in [-0.4, -0.2) is 32.7 Å². The molecule has 0 aliphatic rings. The minimum absolute atomic E-state index is 0.159. The molecule has 1 heterocycles. The molecule has 2 rings (SSSR count). The lowest BCUT2D eigenvalue weighted by Gasteiger charge is -2.10. The molecule has 0 saturated carbocycles. The normalized spacial score (nSPS) is 10.8. The van der Waals surface area contributed by atoms with Gasteiger partial charge < -0.3 is 5.32 Å². The number of nitrogens with one attached hydrogen (secondary N) is 1. The molecular weight excluding hydrogens is 278 g/mol. The Hall–Kier alpha value is -1.95. The molecule has 0 aliphatic carbocycles. The molecule has 0 saturated heterocycles. The Labute approximate surface area is 122 Å². The molecule has 0 bridgehead atoms. The van der Waals surface area contributed by atoms with E-state index in [1.54, 1.807) is 18.2 Å². The fourth-order valence-corrected chi connectivity index (χ4v) is 1.89. The smallest absolute Gasteiger partial charge is 0.253 e. The van der Waals surface area contributed by atoms with E-state index >= 15 is 0 Å². The first-order chi connectivity index (χ1) is 9.58. The van der Waals surface area contributed by atoms with Crippen LogP contribution in [0.1, 0.15) is 30.6 Å². The lowest BCUT2D eigenvalue weighted by Crippen LogP contribution is -2.26. The molecule has 1 N–H and O–H groups in total. The quantitative estimate of drug-likeness (QED) is 0.916. The Morgan fingerprint density at radius 3 is 2.90 bits per heavy atom. The van der Waals surface area contributed by atoms with Crippen LogP contribution in [0.4, 0.5) is 0 Å². The molecule has 6 nitrogen and oxygen atoms in total. The number of aromatic nitrogens is 4. The maximum Gasteiger partial charge on any atom is 0.253 e. The van der Waals surface area contributed by atoms with Gasteiger partial charge in [0.25, 0.3) is 5.91 Å². The summed E-state index contributed by atoms with van der Waals surface area (Å²) in [6.07, 6.45) is 2.36. The largest absolute Gasteiger partial charge is 0.352 e. The third-order valence-electron chi connectivity index (χ3n) is 2.81. The molecule has 0 atom stereocenters. The molecule has 2 aromatic rings. The monoisotopic (exact) mass is 293 g/mol. The van der Waals surface area contributed by atoms with Crippen LogP contribution in [0.2, 0.25) is 5.02 Å². The topological polar surface area (TPSA) is 72.7 Å². The van der Waals surface area contributed by atoms with Crippen molar-refractivity contribution in [3.05, 3.63) is 35.1 Å². The van der Waals surface area contributed by atoms with Gasteiger partial charge in [0.15, 0.2) is 0 Å². The number of carbonyl (C=O) groups excluding carboxylic acids is 1. The fourth-order valence-electron chi connectivity index (χ4n) is 1.73. The third-order valence-corrected chi connectivity index (χ3v) is 3.04. The highest BCUT2D eigenvalue weighted by Gasteiger charge is 2.14. The van der Waals surface area contributed by atoms with E-state index < -0.39 is 0 Å². The van der Waals surface area contributed by atoms with Gasteiger partial charge in [-0.2, -0.15) is 4.68 Å². The van der Waals surface area contributed by atoms with Gasteiger partial charge in [-0.15, -0.1) is 5.10 Å². The highest BCUT2D eigenvalue weighted by molar-refractivity contribution is 6.31. The Balaban J connectivity index is 2.21. The molecular formula is C13H16ClN5O. The minimum Gasteiger partial charge on any atom is -0.352 e. The summed E-state index contributed by atoms with van der Waals surface area (Å²) < 4.78 is 1.42. The van der Waals surface area contributed by atoms with Crippen molar-refractivity contribution in [3.63, 3.8) is 0 Å². The number of hydrogen-bond acceptors (Lipinski definition) is 4. The van der Waals surface area contributed by atoms with Crippen molar-refractivity contribution in [1.82, 2.24) is 25.5 Å². The van der Waals surface area contributed by atoms with Crippen LogP contribution < -0.4 is 5.32 Å².